The lowest BCUT2D eigenvalue weighted by Gasteiger charge is -2.54. The van der Waals surface area contributed by atoms with Gasteiger partial charge in [0, 0.05) is 50.1 Å². The van der Waals surface area contributed by atoms with Gasteiger partial charge in [0.15, 0.2) is 0 Å². The van der Waals surface area contributed by atoms with Gasteiger partial charge in [-0.05, 0) is 56.5 Å². The van der Waals surface area contributed by atoms with Gasteiger partial charge in [-0.3, -0.25) is 9.59 Å². The molecule has 28 heavy (non-hydrogen) atoms. The van der Waals surface area contributed by atoms with Gasteiger partial charge >= 0.3 is 0 Å². The van der Waals surface area contributed by atoms with Gasteiger partial charge < -0.3 is 20.4 Å². The lowest BCUT2D eigenvalue weighted by molar-refractivity contribution is -0.131. The third-order valence-electron chi connectivity index (χ3n) is 7.79. The number of nitrogens with zero attached hydrogens (tertiary/aromatic N) is 2. The van der Waals surface area contributed by atoms with Crippen molar-refractivity contribution in [2.24, 2.45) is 35.5 Å². The smallest absolute Gasteiger partial charge is 0.223 e. The van der Waals surface area contributed by atoms with Crippen LogP contribution >= 0.6 is 0 Å². The predicted molar refractivity (Wildman–Crippen MR) is 110 cm³/mol. The van der Waals surface area contributed by atoms with E-state index in [1.807, 2.05) is 13.8 Å². The fourth-order valence-corrected chi connectivity index (χ4v) is 5.91. The molecule has 3 unspecified atom stereocenters. The van der Waals surface area contributed by atoms with Crippen molar-refractivity contribution in [3.8, 4) is 0 Å². The van der Waals surface area contributed by atoms with Crippen molar-refractivity contribution in [1.29, 1.82) is 0 Å². The highest BCUT2D eigenvalue weighted by molar-refractivity contribution is 5.79. The quantitative estimate of drug-likeness (QED) is 0.685. The van der Waals surface area contributed by atoms with E-state index in [-0.39, 0.29) is 23.7 Å². The van der Waals surface area contributed by atoms with Crippen molar-refractivity contribution in [3.63, 3.8) is 0 Å². The van der Waals surface area contributed by atoms with Crippen LogP contribution in [0, 0.1) is 35.5 Å². The summed E-state index contributed by atoms with van der Waals surface area (Å²) in [5.41, 5.74) is 0. The van der Waals surface area contributed by atoms with Crippen molar-refractivity contribution >= 4 is 11.8 Å². The summed E-state index contributed by atoms with van der Waals surface area (Å²) in [6.45, 7) is 11.4. The van der Waals surface area contributed by atoms with Crippen molar-refractivity contribution < 1.29 is 9.59 Å². The third kappa shape index (κ3) is 3.95. The van der Waals surface area contributed by atoms with Crippen LogP contribution < -0.4 is 10.6 Å². The molecule has 5 fully saturated rings. The molecule has 3 aliphatic heterocycles. The van der Waals surface area contributed by atoms with Crippen LogP contribution in [0.25, 0.3) is 0 Å². The summed E-state index contributed by atoms with van der Waals surface area (Å²) in [4.78, 5) is 29.5. The highest BCUT2D eigenvalue weighted by Gasteiger charge is 2.48. The number of likely N-dealkylation sites (tertiary alicyclic amines) is 1. The molecular weight excluding hydrogens is 352 g/mol. The molecule has 0 radical (unpaired) electrons. The first-order chi connectivity index (χ1) is 13.3. The molecule has 3 saturated heterocycles. The molecule has 0 aromatic carbocycles. The molecule has 2 N–H and O–H groups in total. The molecule has 2 aliphatic carbocycles. The Labute approximate surface area is 169 Å². The van der Waals surface area contributed by atoms with Gasteiger partial charge in [-0.25, -0.2) is 0 Å². The number of carbonyl (C=O) groups excluding carboxylic acids is 2. The van der Waals surface area contributed by atoms with E-state index in [1.165, 1.54) is 12.8 Å². The Kier molecular flexibility index (Phi) is 5.71. The summed E-state index contributed by atoms with van der Waals surface area (Å²) < 4.78 is 0. The van der Waals surface area contributed by atoms with E-state index in [2.05, 4.69) is 34.4 Å². The van der Waals surface area contributed by atoms with E-state index in [0.717, 1.165) is 39.1 Å². The molecule has 0 spiro atoms. The lowest BCUT2D eigenvalue weighted by Crippen LogP contribution is -2.65. The molecule has 0 aromatic rings. The predicted octanol–water partition coefficient (Wildman–Crippen LogP) is 1.17. The Bertz CT molecular complexity index is 585. The second-order valence-corrected chi connectivity index (χ2v) is 10.4. The Hall–Kier alpha value is -1.14. The fourth-order valence-electron chi connectivity index (χ4n) is 5.91. The summed E-state index contributed by atoms with van der Waals surface area (Å²) in [6, 6.07) is 0.794. The number of hydrogen-bond donors (Lipinski definition) is 2. The van der Waals surface area contributed by atoms with Crippen molar-refractivity contribution in [3.05, 3.63) is 0 Å². The summed E-state index contributed by atoms with van der Waals surface area (Å²) >= 11 is 0. The monoisotopic (exact) mass is 390 g/mol. The van der Waals surface area contributed by atoms with Crippen molar-refractivity contribution in [2.75, 3.05) is 39.8 Å². The molecule has 5 aliphatic rings. The Balaban J connectivity index is 1.17. The molecule has 7 atom stereocenters. The van der Waals surface area contributed by atoms with Crippen LogP contribution in [0.3, 0.4) is 0 Å². The van der Waals surface area contributed by atoms with Crippen LogP contribution in [0.5, 0.6) is 0 Å². The van der Waals surface area contributed by atoms with Gasteiger partial charge in [-0.1, -0.05) is 20.8 Å². The summed E-state index contributed by atoms with van der Waals surface area (Å²) in [5.74, 6) is 3.08. The Morgan fingerprint density at radius 1 is 0.857 bits per heavy atom. The van der Waals surface area contributed by atoms with E-state index >= 15 is 0 Å². The topological polar surface area (TPSA) is 64.7 Å². The average Bonchev–Trinajstić information content (AvgIpc) is 2.67. The normalized spacial score (nSPS) is 38.3. The first kappa shape index (κ1) is 20.1. The van der Waals surface area contributed by atoms with Crippen LogP contribution in [0.4, 0.5) is 0 Å². The van der Waals surface area contributed by atoms with Gasteiger partial charge in [0.2, 0.25) is 11.8 Å². The number of amides is 2. The van der Waals surface area contributed by atoms with Crippen molar-refractivity contribution in [2.45, 2.75) is 52.1 Å². The minimum Gasteiger partial charge on any atom is -0.352 e. The zero-order chi connectivity index (χ0) is 20.0. The molecule has 3 heterocycles. The van der Waals surface area contributed by atoms with E-state index in [4.69, 9.17) is 0 Å². The number of piperidine rings is 4. The number of fused-ring (bicyclic) bond motifs is 4. The van der Waals surface area contributed by atoms with E-state index in [1.54, 1.807) is 0 Å². The standard InChI is InChI=1S/C22H38N4O2/c1-13(2)21(27)23-20-17-8-18(20)12-26(11-17)6-5-14(3)22(28)24-19-15-7-16(19)10-25(4)9-15/h13-20H,5-12H2,1-4H3,(H,23,27)(H,24,28)/t14?,15-,16+,17-,18+,19?,20?. The maximum absolute atomic E-state index is 12.7. The molecule has 2 saturated carbocycles. The second kappa shape index (κ2) is 7.94. The molecule has 5 rings (SSSR count). The summed E-state index contributed by atoms with van der Waals surface area (Å²) in [7, 11) is 2.18. The maximum atomic E-state index is 12.7. The minimum atomic E-state index is 0.0624. The number of rotatable bonds is 7. The van der Waals surface area contributed by atoms with Crippen LogP contribution in [0.1, 0.15) is 40.0 Å². The van der Waals surface area contributed by atoms with E-state index < -0.39 is 0 Å². The van der Waals surface area contributed by atoms with Crippen LogP contribution in [0.15, 0.2) is 0 Å². The van der Waals surface area contributed by atoms with Crippen LogP contribution in [-0.2, 0) is 9.59 Å². The molecule has 158 valence electrons. The van der Waals surface area contributed by atoms with Gasteiger partial charge in [0.25, 0.3) is 0 Å². The highest BCUT2D eigenvalue weighted by Crippen LogP contribution is 2.41. The Morgan fingerprint density at radius 3 is 1.89 bits per heavy atom. The number of carbonyl (C=O) groups is 2. The van der Waals surface area contributed by atoms with E-state index in [0.29, 0.717) is 35.8 Å². The Morgan fingerprint density at radius 2 is 1.36 bits per heavy atom. The molecular formula is C22H38N4O2. The fraction of sp³-hybridized carbons (Fsp3) is 0.909. The molecule has 6 heteroatoms. The lowest BCUT2D eigenvalue weighted by atomic mass is 9.66. The largest absolute Gasteiger partial charge is 0.352 e. The van der Waals surface area contributed by atoms with Gasteiger partial charge in [0.05, 0.1) is 0 Å². The van der Waals surface area contributed by atoms with Gasteiger partial charge in [-0.2, -0.15) is 0 Å². The third-order valence-corrected chi connectivity index (χ3v) is 7.79. The highest BCUT2D eigenvalue weighted by atomic mass is 16.2. The zero-order valence-corrected chi connectivity index (χ0v) is 18.0. The number of hydrogen-bond acceptors (Lipinski definition) is 4. The van der Waals surface area contributed by atoms with Gasteiger partial charge in [0.1, 0.15) is 0 Å². The number of nitrogens with one attached hydrogen (secondary N) is 2. The summed E-state index contributed by atoms with van der Waals surface area (Å²) in [6.07, 6.45) is 3.46. The first-order valence-corrected chi connectivity index (χ1v) is 11.3. The minimum absolute atomic E-state index is 0.0624. The summed E-state index contributed by atoms with van der Waals surface area (Å²) in [5, 5.41) is 6.60. The van der Waals surface area contributed by atoms with Crippen LogP contribution in [0.2, 0.25) is 0 Å². The maximum Gasteiger partial charge on any atom is 0.223 e. The SMILES string of the molecule is CC(C)C(=O)NC1[C@@H]2C[C@H]1CN(CCC(C)C(=O)NC1[C@@H]3C[C@H]1CN(C)C3)C2. The first-order valence-electron chi connectivity index (χ1n) is 11.3. The second-order valence-electron chi connectivity index (χ2n) is 10.4. The van der Waals surface area contributed by atoms with Crippen molar-refractivity contribution in [1.82, 2.24) is 20.4 Å². The van der Waals surface area contributed by atoms with E-state index in [9.17, 15) is 9.59 Å². The average molecular weight is 391 g/mol. The molecule has 6 nitrogen and oxygen atoms in total. The molecule has 4 bridgehead atoms. The molecule has 2 amide bonds. The zero-order valence-electron chi connectivity index (χ0n) is 18.0. The van der Waals surface area contributed by atoms with Crippen LogP contribution in [-0.4, -0.2) is 73.5 Å². The van der Waals surface area contributed by atoms with Gasteiger partial charge in [-0.15, -0.1) is 0 Å². The molecule has 0 aromatic heterocycles.